The molecule has 1 amide bonds. The number of rotatable bonds is 5. The van der Waals surface area contributed by atoms with E-state index in [1.54, 1.807) is 0 Å². The van der Waals surface area contributed by atoms with E-state index in [-0.39, 0.29) is 11.9 Å². The predicted molar refractivity (Wildman–Crippen MR) is 62.1 cm³/mol. The first-order valence-electron chi connectivity index (χ1n) is 5.81. The van der Waals surface area contributed by atoms with Crippen molar-refractivity contribution in [3.63, 3.8) is 0 Å². The second-order valence-corrected chi connectivity index (χ2v) is 4.62. The zero-order valence-corrected chi connectivity index (χ0v) is 9.59. The number of nitrogens with one attached hydrogen (secondary N) is 1. The van der Waals surface area contributed by atoms with Crippen LogP contribution in [0.2, 0.25) is 0 Å². The third kappa shape index (κ3) is 4.36. The number of primary amides is 1. The van der Waals surface area contributed by atoms with Gasteiger partial charge in [-0.15, -0.1) is 0 Å². The molecule has 1 aliphatic carbocycles. The lowest BCUT2D eigenvalue weighted by Gasteiger charge is -2.26. The maximum absolute atomic E-state index is 11.2. The molecule has 0 aliphatic heterocycles. The van der Waals surface area contributed by atoms with E-state index >= 15 is 0 Å². The lowest BCUT2D eigenvalue weighted by atomic mass is 9.84. The van der Waals surface area contributed by atoms with Crippen LogP contribution in [0.25, 0.3) is 0 Å². The Morgan fingerprint density at radius 1 is 1.47 bits per heavy atom. The van der Waals surface area contributed by atoms with Crippen LogP contribution in [0.3, 0.4) is 0 Å². The highest BCUT2D eigenvalue weighted by molar-refractivity contribution is 5.80. The van der Waals surface area contributed by atoms with Crippen molar-refractivity contribution in [1.29, 1.82) is 0 Å². The molecule has 0 aromatic carbocycles. The Morgan fingerprint density at radius 3 is 2.53 bits per heavy atom. The van der Waals surface area contributed by atoms with Gasteiger partial charge in [-0.1, -0.05) is 38.7 Å². The van der Waals surface area contributed by atoms with Gasteiger partial charge in [-0.2, -0.15) is 0 Å². The zero-order valence-electron chi connectivity index (χ0n) is 9.59. The maximum Gasteiger partial charge on any atom is 0.239 e. The summed E-state index contributed by atoms with van der Waals surface area (Å²) in [5.41, 5.74) is 6.17. The van der Waals surface area contributed by atoms with Crippen molar-refractivity contribution in [2.24, 2.45) is 11.7 Å². The molecule has 0 bridgehead atoms. The lowest BCUT2D eigenvalue weighted by Crippen LogP contribution is -2.41. The van der Waals surface area contributed by atoms with E-state index in [9.17, 15) is 4.79 Å². The van der Waals surface area contributed by atoms with Crippen LogP contribution in [0.1, 0.15) is 45.4 Å². The molecule has 1 aliphatic rings. The van der Waals surface area contributed by atoms with Gasteiger partial charge < -0.3 is 11.1 Å². The van der Waals surface area contributed by atoms with Crippen LogP contribution in [0.5, 0.6) is 0 Å². The number of hydrogen-bond donors (Lipinski definition) is 2. The van der Waals surface area contributed by atoms with E-state index in [0.717, 1.165) is 12.1 Å². The molecule has 0 saturated heterocycles. The van der Waals surface area contributed by atoms with Gasteiger partial charge in [-0.05, 0) is 19.3 Å². The van der Waals surface area contributed by atoms with Gasteiger partial charge in [-0.3, -0.25) is 4.79 Å². The first kappa shape index (κ1) is 12.1. The monoisotopic (exact) mass is 210 g/mol. The van der Waals surface area contributed by atoms with Crippen molar-refractivity contribution in [1.82, 2.24) is 5.32 Å². The quantitative estimate of drug-likeness (QED) is 0.728. The van der Waals surface area contributed by atoms with Gasteiger partial charge in [0.1, 0.15) is 6.04 Å². The minimum atomic E-state index is -0.261. The summed E-state index contributed by atoms with van der Waals surface area (Å²) >= 11 is 0. The number of carbonyl (C=O) groups is 1. The Morgan fingerprint density at radius 2 is 2.07 bits per heavy atom. The normalized spacial score (nSPS) is 19.5. The molecule has 0 aromatic rings. The standard InChI is InChI=1S/C12H22N2O/c1-9(2)14-11(12(13)15)8-10-6-4-3-5-7-10/h10-11,14H,1,3-8H2,2H3,(H2,13,15). The Hall–Kier alpha value is -0.990. The molecule has 3 N–H and O–H groups in total. The van der Waals surface area contributed by atoms with Crippen LogP contribution < -0.4 is 11.1 Å². The Balaban J connectivity index is 2.42. The van der Waals surface area contributed by atoms with Gasteiger partial charge in [0.15, 0.2) is 0 Å². The van der Waals surface area contributed by atoms with Crippen molar-refractivity contribution < 1.29 is 4.79 Å². The average molecular weight is 210 g/mol. The maximum atomic E-state index is 11.2. The molecule has 15 heavy (non-hydrogen) atoms. The fourth-order valence-electron chi connectivity index (χ4n) is 2.30. The molecule has 0 heterocycles. The minimum Gasteiger partial charge on any atom is -0.378 e. The molecule has 1 rings (SSSR count). The van der Waals surface area contributed by atoms with Crippen LogP contribution in [-0.2, 0) is 4.79 Å². The molecule has 0 radical (unpaired) electrons. The summed E-state index contributed by atoms with van der Waals surface area (Å²) in [6.07, 6.45) is 7.27. The highest BCUT2D eigenvalue weighted by atomic mass is 16.1. The molecule has 1 saturated carbocycles. The minimum absolute atomic E-state index is 0.231. The van der Waals surface area contributed by atoms with Gasteiger partial charge >= 0.3 is 0 Å². The van der Waals surface area contributed by atoms with E-state index in [1.807, 2.05) is 6.92 Å². The molecule has 1 fully saturated rings. The highest BCUT2D eigenvalue weighted by Gasteiger charge is 2.22. The van der Waals surface area contributed by atoms with Crippen molar-refractivity contribution in [3.8, 4) is 0 Å². The highest BCUT2D eigenvalue weighted by Crippen LogP contribution is 2.27. The van der Waals surface area contributed by atoms with Crippen molar-refractivity contribution in [2.45, 2.75) is 51.5 Å². The second kappa shape index (κ2) is 5.79. The molecule has 3 nitrogen and oxygen atoms in total. The Kier molecular flexibility index (Phi) is 4.66. The van der Waals surface area contributed by atoms with E-state index in [0.29, 0.717) is 5.92 Å². The number of carbonyl (C=O) groups excluding carboxylic acids is 1. The smallest absolute Gasteiger partial charge is 0.239 e. The molecule has 86 valence electrons. The third-order valence-corrected chi connectivity index (χ3v) is 3.06. The van der Waals surface area contributed by atoms with E-state index < -0.39 is 0 Å². The summed E-state index contributed by atoms with van der Waals surface area (Å²) in [5.74, 6) is 0.395. The summed E-state index contributed by atoms with van der Waals surface area (Å²) < 4.78 is 0. The first-order valence-corrected chi connectivity index (χ1v) is 5.81. The molecule has 0 spiro atoms. The van der Waals surface area contributed by atoms with Crippen molar-refractivity contribution >= 4 is 5.91 Å². The van der Waals surface area contributed by atoms with Gasteiger partial charge in [0.2, 0.25) is 5.91 Å². The van der Waals surface area contributed by atoms with Crippen LogP contribution in [0.4, 0.5) is 0 Å². The number of hydrogen-bond acceptors (Lipinski definition) is 2. The number of nitrogens with two attached hydrogens (primary N) is 1. The van der Waals surface area contributed by atoms with Gasteiger partial charge in [-0.25, -0.2) is 0 Å². The number of allylic oxidation sites excluding steroid dienone is 1. The summed E-state index contributed by atoms with van der Waals surface area (Å²) in [5, 5.41) is 3.06. The second-order valence-electron chi connectivity index (χ2n) is 4.62. The summed E-state index contributed by atoms with van der Waals surface area (Å²) in [6, 6.07) is -0.231. The Bertz CT molecular complexity index is 232. The predicted octanol–water partition coefficient (Wildman–Crippen LogP) is 1.93. The number of amides is 1. The Labute approximate surface area is 92.1 Å². The fraction of sp³-hybridized carbons (Fsp3) is 0.750. The summed E-state index contributed by atoms with van der Waals surface area (Å²) in [6.45, 7) is 5.61. The SMILES string of the molecule is C=C(C)NC(CC1CCCCC1)C(N)=O. The van der Waals surface area contributed by atoms with Gasteiger partial charge in [0.25, 0.3) is 0 Å². The largest absolute Gasteiger partial charge is 0.378 e. The molecule has 1 unspecified atom stereocenters. The van der Waals surface area contributed by atoms with Gasteiger partial charge in [0, 0.05) is 5.70 Å². The zero-order chi connectivity index (χ0) is 11.3. The van der Waals surface area contributed by atoms with E-state index in [1.165, 1.54) is 32.1 Å². The van der Waals surface area contributed by atoms with Gasteiger partial charge in [0.05, 0.1) is 0 Å². The lowest BCUT2D eigenvalue weighted by molar-refractivity contribution is -0.120. The molecule has 0 aromatic heterocycles. The summed E-state index contributed by atoms with van der Waals surface area (Å²) in [7, 11) is 0. The fourth-order valence-corrected chi connectivity index (χ4v) is 2.30. The van der Waals surface area contributed by atoms with Crippen molar-refractivity contribution in [3.05, 3.63) is 12.3 Å². The van der Waals surface area contributed by atoms with Crippen molar-refractivity contribution in [2.75, 3.05) is 0 Å². The molecule has 1 atom stereocenters. The van der Waals surface area contributed by atoms with Crippen LogP contribution in [-0.4, -0.2) is 11.9 Å². The first-order chi connectivity index (χ1) is 7.09. The van der Waals surface area contributed by atoms with E-state index in [4.69, 9.17) is 5.73 Å². The molecule has 3 heteroatoms. The van der Waals surface area contributed by atoms with Crippen LogP contribution in [0, 0.1) is 5.92 Å². The molecular formula is C12H22N2O. The average Bonchev–Trinajstić information content (AvgIpc) is 2.17. The summed E-state index contributed by atoms with van der Waals surface area (Å²) in [4.78, 5) is 11.2. The van der Waals surface area contributed by atoms with Crippen LogP contribution >= 0.6 is 0 Å². The topological polar surface area (TPSA) is 55.1 Å². The third-order valence-electron chi connectivity index (χ3n) is 3.06. The van der Waals surface area contributed by atoms with E-state index in [2.05, 4.69) is 11.9 Å². The molecular weight excluding hydrogens is 188 g/mol. The van der Waals surface area contributed by atoms with Crippen LogP contribution in [0.15, 0.2) is 12.3 Å².